The van der Waals surface area contributed by atoms with Gasteiger partial charge < -0.3 is 0 Å². The molecule has 1 heterocycles. The Balaban J connectivity index is 2.43. The van der Waals surface area contributed by atoms with Crippen molar-refractivity contribution in [2.45, 2.75) is 0 Å². The van der Waals surface area contributed by atoms with Crippen molar-refractivity contribution in [3.63, 3.8) is 0 Å². The smallest absolute Gasteiger partial charge is 0.267 e. The molecule has 0 bridgehead atoms. The van der Waals surface area contributed by atoms with Crippen molar-refractivity contribution in [3.8, 4) is 0 Å². The molecule has 0 aromatic heterocycles. The van der Waals surface area contributed by atoms with Gasteiger partial charge in [0, 0.05) is 6.08 Å². The third-order valence-corrected chi connectivity index (χ3v) is 1.79. The van der Waals surface area contributed by atoms with Crippen molar-refractivity contribution in [1.82, 2.24) is 5.32 Å². The summed E-state index contributed by atoms with van der Waals surface area (Å²) < 4.78 is 0. The lowest BCUT2D eigenvalue weighted by molar-refractivity contribution is -0.123. The van der Waals surface area contributed by atoms with Gasteiger partial charge in [-0.1, -0.05) is 30.3 Å². The van der Waals surface area contributed by atoms with E-state index in [0.29, 0.717) is 5.57 Å². The summed E-state index contributed by atoms with van der Waals surface area (Å²) in [7, 11) is 0. The maximum atomic E-state index is 11.1. The van der Waals surface area contributed by atoms with Crippen LogP contribution < -0.4 is 5.32 Å². The van der Waals surface area contributed by atoms with Crippen LogP contribution in [0.2, 0.25) is 0 Å². The van der Waals surface area contributed by atoms with Crippen LogP contribution in [0.5, 0.6) is 0 Å². The van der Waals surface area contributed by atoms with Gasteiger partial charge in [-0.25, -0.2) is 0 Å². The monoisotopic (exact) mass is 172 g/mol. The van der Waals surface area contributed by atoms with Crippen LogP contribution in [0.3, 0.4) is 0 Å². The summed E-state index contributed by atoms with van der Waals surface area (Å²) in [6, 6.07) is 9.02. The molecule has 1 radical (unpaired) electrons. The third kappa shape index (κ3) is 1.36. The Kier molecular flexibility index (Phi) is 1.70. The van der Waals surface area contributed by atoms with Gasteiger partial charge in [0.05, 0.1) is 5.57 Å². The third-order valence-electron chi connectivity index (χ3n) is 1.79. The molecular formula is C10H6NO2. The first-order valence-electron chi connectivity index (χ1n) is 3.84. The Morgan fingerprint density at radius 3 is 2.23 bits per heavy atom. The first kappa shape index (κ1) is 7.73. The van der Waals surface area contributed by atoms with Gasteiger partial charge in [0.2, 0.25) is 0 Å². The average molecular weight is 172 g/mol. The highest BCUT2D eigenvalue weighted by Gasteiger charge is 2.23. The van der Waals surface area contributed by atoms with Crippen molar-refractivity contribution in [2.75, 3.05) is 0 Å². The van der Waals surface area contributed by atoms with E-state index < -0.39 is 11.8 Å². The number of imide groups is 1. The summed E-state index contributed by atoms with van der Waals surface area (Å²) in [4.78, 5) is 21.9. The van der Waals surface area contributed by atoms with Crippen LogP contribution in [-0.4, -0.2) is 11.8 Å². The highest BCUT2D eigenvalue weighted by molar-refractivity contribution is 6.33. The minimum absolute atomic E-state index is 0.380. The Hall–Kier alpha value is -1.90. The lowest BCUT2D eigenvalue weighted by Gasteiger charge is -1.96. The molecule has 0 fully saturated rings. The maximum Gasteiger partial charge on any atom is 0.281 e. The molecule has 3 heteroatoms. The van der Waals surface area contributed by atoms with Gasteiger partial charge in [0.15, 0.2) is 0 Å². The molecule has 0 spiro atoms. The lowest BCUT2D eigenvalue weighted by Crippen LogP contribution is -2.13. The molecule has 0 atom stereocenters. The first-order chi connectivity index (χ1) is 6.27. The van der Waals surface area contributed by atoms with E-state index in [-0.39, 0.29) is 0 Å². The van der Waals surface area contributed by atoms with Gasteiger partial charge >= 0.3 is 0 Å². The molecular weight excluding hydrogens is 166 g/mol. The average Bonchev–Trinajstić information content (AvgIpc) is 2.47. The number of hydrogen-bond acceptors (Lipinski definition) is 2. The van der Waals surface area contributed by atoms with Crippen molar-refractivity contribution in [2.24, 2.45) is 0 Å². The summed E-state index contributed by atoms with van der Waals surface area (Å²) in [6.07, 6.45) is 1.26. The summed E-state index contributed by atoms with van der Waals surface area (Å²) >= 11 is 0. The van der Waals surface area contributed by atoms with Crippen LogP contribution in [0.15, 0.2) is 36.4 Å². The molecule has 0 unspecified atom stereocenters. The molecule has 1 aromatic carbocycles. The molecule has 2 amide bonds. The molecule has 13 heavy (non-hydrogen) atoms. The second-order valence-corrected chi connectivity index (χ2v) is 2.68. The molecule has 3 nitrogen and oxygen atoms in total. The van der Waals surface area contributed by atoms with Crippen LogP contribution >= 0.6 is 0 Å². The fraction of sp³-hybridized carbons (Fsp3) is 0. The zero-order chi connectivity index (χ0) is 9.26. The molecule has 0 aliphatic carbocycles. The zero-order valence-corrected chi connectivity index (χ0v) is 6.73. The zero-order valence-electron chi connectivity index (χ0n) is 6.73. The number of benzene rings is 1. The molecule has 63 valence electrons. The van der Waals surface area contributed by atoms with Crippen LogP contribution in [-0.2, 0) is 9.59 Å². The molecule has 1 aromatic rings. The van der Waals surface area contributed by atoms with E-state index in [1.165, 1.54) is 6.08 Å². The molecule has 0 saturated heterocycles. The predicted octanol–water partition coefficient (Wildman–Crippen LogP) is 0.741. The molecule has 0 N–H and O–H groups in total. The van der Waals surface area contributed by atoms with E-state index in [1.54, 1.807) is 12.1 Å². The van der Waals surface area contributed by atoms with Crippen LogP contribution in [0.1, 0.15) is 5.56 Å². The normalized spacial score (nSPS) is 15.5. The van der Waals surface area contributed by atoms with E-state index >= 15 is 0 Å². The predicted molar refractivity (Wildman–Crippen MR) is 46.6 cm³/mol. The van der Waals surface area contributed by atoms with Gasteiger partial charge in [0.1, 0.15) is 0 Å². The topological polar surface area (TPSA) is 48.2 Å². The first-order valence-corrected chi connectivity index (χ1v) is 3.84. The van der Waals surface area contributed by atoms with Gasteiger partial charge in [-0.15, -0.1) is 0 Å². The highest BCUT2D eigenvalue weighted by Crippen LogP contribution is 2.17. The second kappa shape index (κ2) is 2.86. The van der Waals surface area contributed by atoms with E-state index in [4.69, 9.17) is 0 Å². The van der Waals surface area contributed by atoms with Crippen LogP contribution in [0.4, 0.5) is 0 Å². The second-order valence-electron chi connectivity index (χ2n) is 2.68. The van der Waals surface area contributed by atoms with Crippen molar-refractivity contribution < 1.29 is 9.59 Å². The van der Waals surface area contributed by atoms with Crippen molar-refractivity contribution >= 4 is 17.4 Å². The quantitative estimate of drug-likeness (QED) is 0.586. The summed E-state index contributed by atoms with van der Waals surface area (Å²) in [5.41, 5.74) is 1.12. The van der Waals surface area contributed by atoms with E-state index in [1.807, 2.05) is 18.2 Å². The number of nitrogens with zero attached hydrogens (tertiary/aromatic N) is 1. The Bertz CT molecular complexity index is 393. The highest BCUT2D eigenvalue weighted by atomic mass is 16.2. The largest absolute Gasteiger partial charge is 0.281 e. The Labute approximate surface area is 75.1 Å². The standard InChI is InChI=1S/C10H6NO2/c12-9-6-8(10(13)11-9)7-4-2-1-3-5-7/h1-6H. The summed E-state index contributed by atoms with van der Waals surface area (Å²) in [5, 5.41) is 3.28. The van der Waals surface area contributed by atoms with Gasteiger partial charge in [-0.05, 0) is 5.56 Å². The summed E-state index contributed by atoms with van der Waals surface area (Å²) in [5.74, 6) is -0.917. The number of carbonyl (C=O) groups is 2. The van der Waals surface area contributed by atoms with Crippen LogP contribution in [0.25, 0.3) is 5.57 Å². The van der Waals surface area contributed by atoms with Crippen molar-refractivity contribution in [1.29, 1.82) is 0 Å². The molecule has 0 saturated carbocycles. The number of carbonyl (C=O) groups excluding carboxylic acids is 2. The lowest BCUT2D eigenvalue weighted by atomic mass is 10.1. The maximum absolute atomic E-state index is 11.1. The Morgan fingerprint density at radius 1 is 1.00 bits per heavy atom. The minimum Gasteiger partial charge on any atom is -0.267 e. The molecule has 1 aliphatic heterocycles. The van der Waals surface area contributed by atoms with Gasteiger partial charge in [0.25, 0.3) is 11.8 Å². The van der Waals surface area contributed by atoms with Gasteiger partial charge in [-0.3, -0.25) is 9.59 Å². The van der Waals surface area contributed by atoms with Crippen LogP contribution in [0, 0.1) is 0 Å². The molecule has 2 rings (SSSR count). The number of rotatable bonds is 1. The fourth-order valence-electron chi connectivity index (χ4n) is 1.20. The number of amides is 2. The Morgan fingerprint density at radius 2 is 1.69 bits per heavy atom. The van der Waals surface area contributed by atoms with Gasteiger partial charge in [-0.2, -0.15) is 5.32 Å². The van der Waals surface area contributed by atoms with E-state index in [0.717, 1.165) is 5.56 Å². The molecule has 1 aliphatic rings. The summed E-state index contributed by atoms with van der Waals surface area (Å²) in [6.45, 7) is 0. The SMILES string of the molecule is O=C1C=C(c2ccccc2)C(=O)[N]1. The van der Waals surface area contributed by atoms with E-state index in [9.17, 15) is 9.59 Å². The minimum atomic E-state index is -0.469. The number of hydrogen-bond donors (Lipinski definition) is 0. The van der Waals surface area contributed by atoms with E-state index in [2.05, 4.69) is 5.32 Å². The fourth-order valence-corrected chi connectivity index (χ4v) is 1.20. The van der Waals surface area contributed by atoms with Crippen molar-refractivity contribution in [3.05, 3.63) is 42.0 Å².